The van der Waals surface area contributed by atoms with Gasteiger partial charge in [-0.25, -0.2) is 0 Å². The number of fused-ring (bicyclic) bond motifs is 2. The normalized spacial score (nSPS) is 27.2. The molecule has 0 saturated heterocycles. The Hall–Kier alpha value is -3.31. The molecule has 1 aliphatic heterocycles. The highest BCUT2D eigenvalue weighted by atomic mass is 32.2. The number of hydrogen-bond acceptors (Lipinski definition) is 9. The molecule has 0 spiro atoms. The average molecular weight is 651 g/mol. The largest absolute Gasteiger partial charge is 0.508 e. The molecule has 1 fully saturated rings. The van der Waals surface area contributed by atoms with E-state index < -0.39 is 5.79 Å². The fraction of sp³-hybridized carbons (Fsp3) is 0.500. The van der Waals surface area contributed by atoms with Gasteiger partial charge in [-0.1, -0.05) is 30.1 Å². The van der Waals surface area contributed by atoms with Crippen LogP contribution in [-0.2, 0) is 14.4 Å². The van der Waals surface area contributed by atoms with Crippen molar-refractivity contribution in [1.82, 2.24) is 0 Å². The number of thioether (sulfide) groups is 1. The molecule has 1 heterocycles. The molecule has 0 bridgehead atoms. The number of ether oxygens (including phenoxy) is 2. The molecule has 0 radical (unpaired) electrons. The Labute approximate surface area is 275 Å². The van der Waals surface area contributed by atoms with E-state index in [1.807, 2.05) is 36.4 Å². The minimum absolute atomic E-state index is 0.0777. The topological polar surface area (TPSA) is 130 Å². The lowest BCUT2D eigenvalue weighted by atomic mass is 9.56. The maximum absolute atomic E-state index is 11.6. The van der Waals surface area contributed by atoms with E-state index in [0.717, 1.165) is 59.5 Å². The summed E-state index contributed by atoms with van der Waals surface area (Å²) < 4.78 is 13.9. The van der Waals surface area contributed by atoms with Crippen LogP contribution in [0.15, 0.2) is 76.8 Å². The van der Waals surface area contributed by atoms with Crippen molar-refractivity contribution in [3.8, 4) is 11.5 Å². The van der Waals surface area contributed by atoms with E-state index in [1.165, 1.54) is 6.92 Å². The average Bonchev–Trinajstić information content (AvgIpc) is 3.04. The zero-order valence-corrected chi connectivity index (χ0v) is 27.5. The fourth-order valence-electron chi connectivity index (χ4n) is 7.53. The summed E-state index contributed by atoms with van der Waals surface area (Å²) in [6.07, 6.45) is 9.54. The number of amides is 1. The Morgan fingerprint density at radius 3 is 2.54 bits per heavy atom. The van der Waals surface area contributed by atoms with Gasteiger partial charge in [0.1, 0.15) is 18.6 Å². The van der Waals surface area contributed by atoms with Crippen molar-refractivity contribution >= 4 is 29.1 Å². The number of oxime groups is 1. The van der Waals surface area contributed by atoms with Gasteiger partial charge in [-0.3, -0.25) is 4.79 Å². The Morgan fingerprint density at radius 2 is 1.87 bits per heavy atom. The van der Waals surface area contributed by atoms with Crippen LogP contribution < -0.4 is 10.1 Å². The fourth-order valence-corrected chi connectivity index (χ4v) is 8.82. The summed E-state index contributed by atoms with van der Waals surface area (Å²) >= 11 is 1.64. The van der Waals surface area contributed by atoms with Crippen molar-refractivity contribution in [2.45, 2.75) is 73.7 Å². The molecule has 3 aliphatic rings. The highest BCUT2D eigenvalue weighted by Crippen LogP contribution is 2.63. The van der Waals surface area contributed by atoms with Gasteiger partial charge in [-0.15, -0.1) is 18.3 Å². The van der Waals surface area contributed by atoms with Gasteiger partial charge in [0.2, 0.25) is 11.7 Å². The van der Waals surface area contributed by atoms with Crippen LogP contribution >= 0.6 is 11.8 Å². The number of aliphatic hydroxyl groups excluding tert-OH is 2. The van der Waals surface area contributed by atoms with E-state index in [-0.39, 0.29) is 60.4 Å². The second-order valence-corrected chi connectivity index (χ2v) is 13.6. The van der Waals surface area contributed by atoms with Crippen LogP contribution in [0.3, 0.4) is 0 Å². The lowest BCUT2D eigenvalue weighted by Gasteiger charge is -2.58. The predicted molar refractivity (Wildman–Crippen MR) is 180 cm³/mol. The number of carbonyl (C=O) groups is 1. The first kappa shape index (κ1) is 34.0. The monoisotopic (exact) mass is 650 g/mol. The van der Waals surface area contributed by atoms with Gasteiger partial charge in [0.05, 0.1) is 23.5 Å². The quantitative estimate of drug-likeness (QED) is 0.0990. The number of rotatable bonds is 15. The first-order valence-electron chi connectivity index (χ1n) is 16.2. The van der Waals surface area contributed by atoms with E-state index >= 15 is 0 Å². The van der Waals surface area contributed by atoms with Gasteiger partial charge in [-0.2, -0.15) is 0 Å². The first-order valence-corrected chi connectivity index (χ1v) is 17.1. The molecular formula is C36H46N2O7S. The zero-order chi connectivity index (χ0) is 32.7. The van der Waals surface area contributed by atoms with E-state index in [4.69, 9.17) is 14.3 Å². The summed E-state index contributed by atoms with van der Waals surface area (Å²) in [5.74, 6) is -0.372. The number of hydrogen-bond donors (Lipinski definition) is 4. The predicted octanol–water partition coefficient (Wildman–Crippen LogP) is 6.41. The van der Waals surface area contributed by atoms with Gasteiger partial charge >= 0.3 is 0 Å². The Kier molecular flexibility index (Phi) is 11.5. The molecule has 0 aromatic heterocycles. The number of aromatic hydroxyl groups is 1. The van der Waals surface area contributed by atoms with Crippen LogP contribution in [0.5, 0.6) is 11.5 Å². The van der Waals surface area contributed by atoms with E-state index in [0.29, 0.717) is 18.6 Å². The Morgan fingerprint density at radius 1 is 1.13 bits per heavy atom. The minimum atomic E-state index is -1.10. The molecule has 2 aliphatic carbocycles. The molecule has 46 heavy (non-hydrogen) atoms. The second-order valence-electron chi connectivity index (χ2n) is 12.3. The Bertz CT molecular complexity index is 1430. The van der Waals surface area contributed by atoms with Crippen LogP contribution in [0, 0.1) is 17.8 Å². The zero-order valence-electron chi connectivity index (χ0n) is 26.7. The third kappa shape index (κ3) is 7.15. The Balaban J connectivity index is 1.67. The number of benzene rings is 2. The van der Waals surface area contributed by atoms with Crippen molar-refractivity contribution in [3.05, 3.63) is 72.3 Å². The van der Waals surface area contributed by atoms with Crippen molar-refractivity contribution in [1.29, 1.82) is 0 Å². The number of allylic oxidation sites excluding steroid dienone is 1. The van der Waals surface area contributed by atoms with Gasteiger partial charge in [0, 0.05) is 48.6 Å². The van der Waals surface area contributed by atoms with Gasteiger partial charge in [-0.05, 0) is 85.6 Å². The van der Waals surface area contributed by atoms with Crippen molar-refractivity contribution in [3.63, 3.8) is 0 Å². The maximum atomic E-state index is 11.6. The summed E-state index contributed by atoms with van der Waals surface area (Å²) in [5.41, 5.74) is 3.54. The number of nitrogens with one attached hydrogen (secondary N) is 1. The summed E-state index contributed by atoms with van der Waals surface area (Å²) in [6, 6.07) is 13.1. The van der Waals surface area contributed by atoms with Crippen LogP contribution in [0.4, 0.5) is 5.69 Å². The number of phenolic OH excluding ortho intramolecular Hbond substituents is 1. The number of anilines is 1. The first-order chi connectivity index (χ1) is 22.3. The molecule has 4 N–H and O–H groups in total. The van der Waals surface area contributed by atoms with E-state index in [1.54, 1.807) is 31.0 Å². The molecule has 0 unspecified atom stereocenters. The van der Waals surface area contributed by atoms with Crippen molar-refractivity contribution in [2.24, 2.45) is 22.9 Å². The third-order valence-corrected chi connectivity index (χ3v) is 10.6. The van der Waals surface area contributed by atoms with Crippen molar-refractivity contribution in [2.75, 3.05) is 32.2 Å². The molecule has 2 aromatic carbocycles. The van der Waals surface area contributed by atoms with Crippen LogP contribution in [0.25, 0.3) is 0 Å². The van der Waals surface area contributed by atoms with E-state index in [9.17, 15) is 20.1 Å². The molecule has 1 saturated carbocycles. The minimum Gasteiger partial charge on any atom is -0.508 e. The summed E-state index contributed by atoms with van der Waals surface area (Å²) in [5, 5.41) is 37.2. The summed E-state index contributed by atoms with van der Waals surface area (Å²) in [6.45, 7) is 5.99. The van der Waals surface area contributed by atoms with Crippen LogP contribution in [-0.4, -0.2) is 64.9 Å². The number of nitrogens with zero attached hydrogens (tertiary/aromatic N) is 1. The molecule has 1 amide bonds. The molecule has 9 nitrogen and oxygen atoms in total. The molecule has 248 valence electrons. The van der Waals surface area contributed by atoms with Gasteiger partial charge in [0.25, 0.3) is 0 Å². The molecular weight excluding hydrogens is 604 g/mol. The molecule has 6 atom stereocenters. The maximum Gasteiger partial charge on any atom is 0.231 e. The molecule has 5 rings (SSSR count). The number of carbonyl (C=O) groups excluding carboxylic acids is 1. The van der Waals surface area contributed by atoms with Gasteiger partial charge < -0.3 is 34.9 Å². The molecule has 10 heteroatoms. The van der Waals surface area contributed by atoms with Crippen LogP contribution in [0.2, 0.25) is 0 Å². The highest BCUT2D eigenvalue weighted by molar-refractivity contribution is 8.00. The lowest BCUT2D eigenvalue weighted by Crippen LogP contribution is -2.64. The number of unbranched alkanes of at least 4 members (excludes halogenated alkanes) is 2. The van der Waals surface area contributed by atoms with Crippen LogP contribution in [0.1, 0.15) is 63.4 Å². The molecule has 2 aromatic rings. The number of aliphatic hydroxyl groups is 2. The number of phenols is 1. The lowest BCUT2D eigenvalue weighted by molar-refractivity contribution is -0.223. The third-order valence-electron chi connectivity index (χ3n) is 9.29. The second kappa shape index (κ2) is 15.5. The SMILES string of the molecule is C=CCO[C@@]12Oc3ccc(O)cc3[C@H]3[C@H](CCCCO)[C@@H](CCCCO)C=C(C(=NOC)C[C@@H]1Sc1ccc(NC(C)=O)cc1)[C@H]32. The summed E-state index contributed by atoms with van der Waals surface area (Å²) in [7, 11) is 1.56. The smallest absolute Gasteiger partial charge is 0.231 e. The van der Waals surface area contributed by atoms with Gasteiger partial charge in [0.15, 0.2) is 0 Å². The van der Waals surface area contributed by atoms with E-state index in [2.05, 4.69) is 23.1 Å². The summed E-state index contributed by atoms with van der Waals surface area (Å²) in [4.78, 5) is 18.0. The van der Waals surface area contributed by atoms with Crippen molar-refractivity contribution < 1.29 is 34.4 Å². The standard InChI is InChI=1S/C36H46N2O7S/c1-4-19-44-36-33(46-27-14-11-25(12-15-27)37-23(2)41)22-31(38-43-3)29-20-24(9-5-7-17-39)28(10-6-8-18-40)34(35(29)36)30-21-26(42)13-16-32(30)45-36/h4,11-16,20-21,24,28,33-35,39-40,42H,1,5-10,17-19,22H2,2-3H3,(H,37,41)/t24-,28+,33-,34+,35+,36+/m0/s1. The highest BCUT2D eigenvalue weighted by Gasteiger charge is 2.64.